The molecule has 1 aliphatic heterocycles. The maximum Gasteiger partial charge on any atom is 0.119 e. The SMILES string of the molecule is COc1ccc2c(c1)C(Cc1cc(C)cc(C)c1)NCC2. The Kier molecular flexibility index (Phi) is 3.98. The molecule has 2 nitrogen and oxygen atoms in total. The van der Waals surface area contributed by atoms with Gasteiger partial charge in [-0.05, 0) is 62.1 Å². The van der Waals surface area contributed by atoms with Crippen LogP contribution in [0.2, 0.25) is 0 Å². The van der Waals surface area contributed by atoms with Gasteiger partial charge in [-0.3, -0.25) is 0 Å². The van der Waals surface area contributed by atoms with Gasteiger partial charge in [-0.15, -0.1) is 0 Å². The highest BCUT2D eigenvalue weighted by Gasteiger charge is 2.20. The minimum absolute atomic E-state index is 0.380. The van der Waals surface area contributed by atoms with Gasteiger partial charge in [0.2, 0.25) is 0 Å². The standard InChI is InChI=1S/C19H23NO/c1-13-8-14(2)10-15(9-13)11-19-18-12-17(21-3)5-4-16(18)6-7-20-19/h4-5,8-10,12,19-20H,6-7,11H2,1-3H3. The van der Waals surface area contributed by atoms with Gasteiger partial charge in [0.1, 0.15) is 5.75 Å². The largest absolute Gasteiger partial charge is 0.497 e. The summed E-state index contributed by atoms with van der Waals surface area (Å²) in [6, 6.07) is 13.7. The van der Waals surface area contributed by atoms with E-state index in [2.05, 4.69) is 55.6 Å². The van der Waals surface area contributed by atoms with Crippen LogP contribution < -0.4 is 10.1 Å². The Morgan fingerprint density at radius 3 is 2.57 bits per heavy atom. The Bertz CT molecular complexity index is 628. The first-order valence-corrected chi connectivity index (χ1v) is 7.63. The van der Waals surface area contributed by atoms with Gasteiger partial charge >= 0.3 is 0 Å². The van der Waals surface area contributed by atoms with Crippen molar-refractivity contribution in [3.05, 3.63) is 64.2 Å². The topological polar surface area (TPSA) is 21.3 Å². The Morgan fingerprint density at radius 2 is 1.86 bits per heavy atom. The summed E-state index contributed by atoms with van der Waals surface area (Å²) in [5.41, 5.74) is 6.92. The molecular weight excluding hydrogens is 258 g/mol. The molecule has 0 amide bonds. The van der Waals surface area contributed by atoms with E-state index >= 15 is 0 Å². The molecule has 0 saturated carbocycles. The highest BCUT2D eigenvalue weighted by Crippen LogP contribution is 2.29. The molecule has 0 bridgehead atoms. The van der Waals surface area contributed by atoms with E-state index in [1.807, 2.05) is 0 Å². The average molecular weight is 281 g/mol. The van der Waals surface area contributed by atoms with Gasteiger partial charge in [-0.2, -0.15) is 0 Å². The minimum Gasteiger partial charge on any atom is -0.497 e. The second-order valence-electron chi connectivity index (χ2n) is 6.02. The first-order valence-electron chi connectivity index (χ1n) is 7.63. The van der Waals surface area contributed by atoms with Gasteiger partial charge < -0.3 is 10.1 Å². The van der Waals surface area contributed by atoms with E-state index in [1.54, 1.807) is 7.11 Å². The number of hydrogen-bond donors (Lipinski definition) is 1. The van der Waals surface area contributed by atoms with Crippen LogP contribution in [0.1, 0.15) is 33.9 Å². The summed E-state index contributed by atoms with van der Waals surface area (Å²) in [5, 5.41) is 3.66. The summed E-state index contributed by atoms with van der Waals surface area (Å²) in [7, 11) is 1.73. The molecule has 0 aliphatic carbocycles. The van der Waals surface area contributed by atoms with Crippen molar-refractivity contribution in [2.24, 2.45) is 0 Å². The summed E-state index contributed by atoms with van der Waals surface area (Å²) < 4.78 is 5.39. The average Bonchev–Trinajstić information content (AvgIpc) is 2.46. The zero-order valence-electron chi connectivity index (χ0n) is 13.1. The number of rotatable bonds is 3. The van der Waals surface area contributed by atoms with Gasteiger partial charge in [0.25, 0.3) is 0 Å². The summed E-state index contributed by atoms with van der Waals surface area (Å²) >= 11 is 0. The second kappa shape index (κ2) is 5.90. The van der Waals surface area contributed by atoms with Crippen molar-refractivity contribution in [1.29, 1.82) is 0 Å². The zero-order chi connectivity index (χ0) is 14.8. The van der Waals surface area contributed by atoms with E-state index in [0.717, 1.165) is 25.1 Å². The quantitative estimate of drug-likeness (QED) is 0.925. The van der Waals surface area contributed by atoms with Crippen LogP contribution >= 0.6 is 0 Å². The van der Waals surface area contributed by atoms with Gasteiger partial charge in [0, 0.05) is 6.04 Å². The highest BCUT2D eigenvalue weighted by molar-refractivity contribution is 5.40. The van der Waals surface area contributed by atoms with Gasteiger partial charge in [-0.25, -0.2) is 0 Å². The number of benzene rings is 2. The van der Waals surface area contributed by atoms with E-state index in [1.165, 1.54) is 27.8 Å². The number of ether oxygens (including phenoxy) is 1. The van der Waals surface area contributed by atoms with E-state index in [0.29, 0.717) is 6.04 Å². The molecule has 1 N–H and O–H groups in total. The molecule has 21 heavy (non-hydrogen) atoms. The summed E-state index contributed by atoms with van der Waals surface area (Å²) in [6.45, 7) is 5.39. The molecule has 2 heteroatoms. The van der Waals surface area contributed by atoms with Crippen LogP contribution in [0.5, 0.6) is 5.75 Å². The lowest BCUT2D eigenvalue weighted by Crippen LogP contribution is -2.31. The van der Waals surface area contributed by atoms with Crippen molar-refractivity contribution in [2.75, 3.05) is 13.7 Å². The van der Waals surface area contributed by atoms with Crippen LogP contribution in [0.15, 0.2) is 36.4 Å². The molecule has 0 aromatic heterocycles. The van der Waals surface area contributed by atoms with Crippen LogP contribution in [0.3, 0.4) is 0 Å². The van der Waals surface area contributed by atoms with E-state index < -0.39 is 0 Å². The molecule has 2 aromatic rings. The molecule has 1 heterocycles. The normalized spacial score (nSPS) is 17.4. The number of fused-ring (bicyclic) bond motifs is 1. The Balaban J connectivity index is 1.90. The Labute approximate surface area is 127 Å². The summed E-state index contributed by atoms with van der Waals surface area (Å²) in [5.74, 6) is 0.947. The predicted molar refractivity (Wildman–Crippen MR) is 87.1 cm³/mol. The number of nitrogens with one attached hydrogen (secondary N) is 1. The van der Waals surface area contributed by atoms with E-state index in [9.17, 15) is 0 Å². The van der Waals surface area contributed by atoms with Crippen molar-refractivity contribution < 1.29 is 4.74 Å². The molecule has 110 valence electrons. The van der Waals surface area contributed by atoms with E-state index in [4.69, 9.17) is 4.74 Å². The fraction of sp³-hybridized carbons (Fsp3) is 0.368. The molecule has 2 aromatic carbocycles. The Morgan fingerprint density at radius 1 is 1.10 bits per heavy atom. The van der Waals surface area contributed by atoms with Crippen molar-refractivity contribution >= 4 is 0 Å². The lowest BCUT2D eigenvalue weighted by atomic mass is 9.89. The fourth-order valence-electron chi connectivity index (χ4n) is 3.35. The minimum atomic E-state index is 0.380. The molecule has 1 aliphatic rings. The molecule has 1 atom stereocenters. The van der Waals surface area contributed by atoms with Gasteiger partial charge in [0.15, 0.2) is 0 Å². The van der Waals surface area contributed by atoms with Crippen LogP contribution in [0.4, 0.5) is 0 Å². The monoisotopic (exact) mass is 281 g/mol. The molecule has 0 fully saturated rings. The van der Waals surface area contributed by atoms with Crippen molar-refractivity contribution in [3.63, 3.8) is 0 Å². The van der Waals surface area contributed by atoms with Crippen molar-refractivity contribution in [2.45, 2.75) is 32.7 Å². The van der Waals surface area contributed by atoms with Crippen LogP contribution in [0, 0.1) is 13.8 Å². The molecule has 0 spiro atoms. The summed E-state index contributed by atoms with van der Waals surface area (Å²) in [6.07, 6.45) is 2.13. The molecule has 0 radical (unpaired) electrons. The third-order valence-corrected chi connectivity index (χ3v) is 4.23. The van der Waals surface area contributed by atoms with E-state index in [-0.39, 0.29) is 0 Å². The lowest BCUT2D eigenvalue weighted by molar-refractivity contribution is 0.411. The van der Waals surface area contributed by atoms with Crippen molar-refractivity contribution in [1.82, 2.24) is 5.32 Å². The summed E-state index contributed by atoms with van der Waals surface area (Å²) in [4.78, 5) is 0. The zero-order valence-corrected chi connectivity index (χ0v) is 13.1. The van der Waals surface area contributed by atoms with Gasteiger partial charge in [0.05, 0.1) is 7.11 Å². The first kappa shape index (κ1) is 14.2. The van der Waals surface area contributed by atoms with Crippen molar-refractivity contribution in [3.8, 4) is 5.75 Å². The smallest absolute Gasteiger partial charge is 0.119 e. The molecule has 1 unspecified atom stereocenters. The van der Waals surface area contributed by atoms with Gasteiger partial charge in [-0.1, -0.05) is 35.4 Å². The predicted octanol–water partition coefficient (Wildman–Crippen LogP) is 3.74. The molecular formula is C19H23NO. The number of methoxy groups -OCH3 is 1. The van der Waals surface area contributed by atoms with Crippen LogP contribution in [-0.4, -0.2) is 13.7 Å². The number of hydrogen-bond acceptors (Lipinski definition) is 2. The van der Waals surface area contributed by atoms with Crippen LogP contribution in [0.25, 0.3) is 0 Å². The third kappa shape index (κ3) is 3.11. The van der Waals surface area contributed by atoms with Crippen LogP contribution in [-0.2, 0) is 12.8 Å². The maximum atomic E-state index is 5.39. The first-order chi connectivity index (χ1) is 10.2. The lowest BCUT2D eigenvalue weighted by Gasteiger charge is -2.27. The molecule has 3 rings (SSSR count). The Hall–Kier alpha value is -1.80. The second-order valence-corrected chi connectivity index (χ2v) is 6.02. The fourth-order valence-corrected chi connectivity index (χ4v) is 3.35. The molecule has 0 saturated heterocycles. The maximum absolute atomic E-state index is 5.39. The third-order valence-electron chi connectivity index (χ3n) is 4.23. The highest BCUT2D eigenvalue weighted by atomic mass is 16.5. The number of aryl methyl sites for hydroxylation is 2.